The number of thiazole rings is 1. The molecule has 2 aliphatic rings. The van der Waals surface area contributed by atoms with Crippen molar-refractivity contribution in [2.75, 3.05) is 0 Å². The van der Waals surface area contributed by atoms with Crippen molar-refractivity contribution in [2.45, 2.75) is 88.9 Å². The van der Waals surface area contributed by atoms with E-state index in [0.717, 1.165) is 96.2 Å². The molecule has 0 spiro atoms. The lowest BCUT2D eigenvalue weighted by Crippen LogP contribution is -2.33. The summed E-state index contributed by atoms with van der Waals surface area (Å²) in [5, 5.41) is 13.0. The Hall–Kier alpha value is -4.22. The zero-order valence-electron chi connectivity index (χ0n) is 28.3. The zero-order chi connectivity index (χ0) is 33.7. The van der Waals surface area contributed by atoms with Crippen LogP contribution in [0.15, 0.2) is 90.0 Å². The van der Waals surface area contributed by atoms with E-state index in [1.54, 1.807) is 11.3 Å². The third kappa shape index (κ3) is 7.58. The van der Waals surface area contributed by atoms with Gasteiger partial charge in [0.15, 0.2) is 0 Å². The first-order valence-corrected chi connectivity index (χ1v) is 19.5. The normalized spacial score (nSPS) is 20.9. The smallest absolute Gasteiger partial charge is 0.0984 e. The van der Waals surface area contributed by atoms with Crippen molar-refractivity contribution in [1.29, 1.82) is 0 Å². The van der Waals surface area contributed by atoms with E-state index in [1.165, 1.54) is 28.2 Å². The van der Waals surface area contributed by atoms with Crippen molar-refractivity contribution in [1.82, 2.24) is 39.9 Å². The van der Waals surface area contributed by atoms with Crippen LogP contribution >= 0.6 is 22.9 Å². The van der Waals surface area contributed by atoms with Crippen molar-refractivity contribution in [3.8, 4) is 0 Å². The number of rotatable bonds is 10. The van der Waals surface area contributed by atoms with Gasteiger partial charge in [0, 0.05) is 66.4 Å². The number of aromatic nitrogens is 6. The highest BCUT2D eigenvalue weighted by molar-refractivity contribution is 7.09. The predicted octanol–water partition coefficient (Wildman–Crippen LogP) is 8.37. The maximum absolute atomic E-state index is 5.38. The number of piperidine rings is 2. The van der Waals surface area contributed by atoms with Crippen LogP contribution < -0.4 is 10.6 Å². The summed E-state index contributed by atoms with van der Waals surface area (Å²) >= 11 is 3.18. The lowest BCUT2D eigenvalue weighted by Gasteiger charge is -2.32. The lowest BCUT2D eigenvalue weighted by atomic mass is 9.90. The number of pyridine rings is 4. The fourth-order valence-corrected chi connectivity index (χ4v) is 8.76. The summed E-state index contributed by atoms with van der Waals surface area (Å²) in [5.41, 5.74) is 11.4. The van der Waals surface area contributed by atoms with Crippen molar-refractivity contribution in [3.05, 3.63) is 152 Å². The molecule has 0 unspecified atom stereocenters. The molecule has 8 heterocycles. The molecule has 0 amide bonds. The van der Waals surface area contributed by atoms with Gasteiger partial charge in [0.25, 0.3) is 0 Å². The Morgan fingerprint density at radius 3 is 2.14 bits per heavy atom. The Balaban J connectivity index is 1.03. The van der Waals surface area contributed by atoms with E-state index >= 15 is 0 Å². The molecule has 0 bridgehead atoms. The van der Waals surface area contributed by atoms with Crippen LogP contribution in [-0.2, 0) is 19.3 Å². The molecular weight excluding hydrogens is 657 g/mol. The third-order valence-electron chi connectivity index (χ3n) is 10.1. The van der Waals surface area contributed by atoms with Gasteiger partial charge in [-0.25, -0.2) is 4.98 Å². The first kappa shape index (κ1) is 33.0. The van der Waals surface area contributed by atoms with Crippen molar-refractivity contribution >= 4 is 22.9 Å². The Labute approximate surface area is 302 Å². The molecule has 4 atom stereocenters. The van der Waals surface area contributed by atoms with Crippen LogP contribution in [-0.4, -0.2) is 29.3 Å². The first-order chi connectivity index (χ1) is 24.7. The summed E-state index contributed by atoms with van der Waals surface area (Å²) in [6.45, 7) is 2.15. The minimum atomic E-state index is 0.155. The molecule has 50 heavy (non-hydrogen) atoms. The van der Waals surface area contributed by atoms with Gasteiger partial charge in [-0.2, -0.15) is 4.37 Å². The van der Waals surface area contributed by atoms with Gasteiger partial charge >= 0.3 is 0 Å². The van der Waals surface area contributed by atoms with Gasteiger partial charge in [-0.05, 0) is 110 Å². The van der Waals surface area contributed by atoms with Crippen LogP contribution in [0.5, 0.6) is 0 Å². The first-order valence-electron chi connectivity index (χ1n) is 17.8. The second-order valence-electron chi connectivity index (χ2n) is 13.5. The maximum Gasteiger partial charge on any atom is 0.0984 e. The van der Waals surface area contributed by atoms with Gasteiger partial charge in [-0.1, -0.05) is 24.3 Å². The highest BCUT2D eigenvalue weighted by Crippen LogP contribution is 2.35. The summed E-state index contributed by atoms with van der Waals surface area (Å²) in [5.74, 6) is 0. The summed E-state index contributed by atoms with van der Waals surface area (Å²) in [6.07, 6.45) is 14.5. The molecule has 2 N–H and O–H groups in total. The van der Waals surface area contributed by atoms with Gasteiger partial charge in [0.1, 0.15) is 0 Å². The van der Waals surface area contributed by atoms with Crippen LogP contribution in [0.1, 0.15) is 124 Å². The summed E-state index contributed by atoms with van der Waals surface area (Å²) in [7, 11) is 0. The lowest BCUT2D eigenvalue weighted by molar-refractivity contribution is 0.319. The molecule has 0 aliphatic carbocycles. The second kappa shape index (κ2) is 15.3. The predicted molar refractivity (Wildman–Crippen MR) is 199 cm³/mol. The molecule has 8 rings (SSSR count). The second-order valence-corrected chi connectivity index (χ2v) is 15.1. The largest absolute Gasteiger partial charge is 0.300 e. The number of nitrogens with one attached hydrogen (secondary N) is 2. The molecule has 2 saturated heterocycles. The van der Waals surface area contributed by atoms with E-state index < -0.39 is 0 Å². The third-order valence-corrected chi connectivity index (χ3v) is 11.5. The molecule has 0 aromatic carbocycles. The summed E-state index contributed by atoms with van der Waals surface area (Å²) < 4.78 is 4.66. The molecule has 6 aromatic heterocycles. The monoisotopic (exact) mass is 698 g/mol. The Morgan fingerprint density at radius 2 is 1.38 bits per heavy atom. The highest BCUT2D eigenvalue weighted by atomic mass is 32.1. The number of hydrogen-bond acceptors (Lipinski definition) is 10. The number of aryl methyl sites for hydroxylation is 1. The van der Waals surface area contributed by atoms with Crippen LogP contribution in [0.4, 0.5) is 0 Å². The maximum atomic E-state index is 5.38. The van der Waals surface area contributed by atoms with Crippen LogP contribution in [0.25, 0.3) is 0 Å². The molecule has 6 aromatic rings. The standard InChI is InChI=1S/C40H42N8S2/c1-26-7-5-18-42-39(26)35-13-3-12-33(45-35)34-16-15-27(37(47-34)24-30-17-21-50-48-30)23-28-8-6-19-43-40(28)36-14-4-11-32(46-36)31-10-2-9-29(44-31)25-38-41-20-22-49-38/h2,5-10,15-22,32-33,35-36,45-46H,3-4,11-14,23-25H2,1H3/t32-,33-,35+,36+/m1/s1. The van der Waals surface area contributed by atoms with Gasteiger partial charge in [0.05, 0.1) is 51.3 Å². The van der Waals surface area contributed by atoms with Gasteiger partial charge < -0.3 is 10.6 Å². The molecule has 254 valence electrons. The van der Waals surface area contributed by atoms with Crippen molar-refractivity contribution in [2.24, 2.45) is 0 Å². The van der Waals surface area contributed by atoms with Gasteiger partial charge in [-0.15, -0.1) is 11.3 Å². The molecule has 2 aliphatic heterocycles. The summed E-state index contributed by atoms with van der Waals surface area (Å²) in [4.78, 5) is 24.7. The van der Waals surface area contributed by atoms with Crippen LogP contribution in [0, 0.1) is 6.92 Å². The quantitative estimate of drug-likeness (QED) is 0.147. The molecule has 0 radical (unpaired) electrons. The SMILES string of the molecule is Cc1cccnc1[C@@H]1CCC[C@H](c2ccc(Cc3cccnc3[C@@H]3CCC[C@H](c4cccc(Cc5nccs5)n4)N3)c(Cc3ccsn3)n2)N1. The number of nitrogens with zero attached hydrogens (tertiary/aromatic N) is 6. The minimum Gasteiger partial charge on any atom is -0.300 e. The average Bonchev–Trinajstić information content (AvgIpc) is 3.88. The van der Waals surface area contributed by atoms with Gasteiger partial charge in [-0.3, -0.25) is 19.9 Å². The number of hydrogen-bond donors (Lipinski definition) is 2. The van der Waals surface area contributed by atoms with Crippen LogP contribution in [0.3, 0.4) is 0 Å². The Kier molecular flexibility index (Phi) is 10.1. The van der Waals surface area contributed by atoms with E-state index in [2.05, 4.69) is 86.9 Å². The molecule has 10 heteroatoms. The Morgan fingerprint density at radius 1 is 0.620 bits per heavy atom. The zero-order valence-corrected chi connectivity index (χ0v) is 30.0. The van der Waals surface area contributed by atoms with E-state index in [4.69, 9.17) is 19.9 Å². The molecule has 0 saturated carbocycles. The average molecular weight is 699 g/mol. The van der Waals surface area contributed by atoms with E-state index in [9.17, 15) is 0 Å². The highest BCUT2D eigenvalue weighted by Gasteiger charge is 2.29. The molecule has 2 fully saturated rings. The fraction of sp³-hybridized carbons (Fsp3) is 0.350. The topological polar surface area (TPSA) is 101 Å². The Bertz CT molecular complexity index is 2010. The van der Waals surface area contributed by atoms with Gasteiger partial charge in [0.2, 0.25) is 0 Å². The van der Waals surface area contributed by atoms with Crippen LogP contribution in [0.2, 0.25) is 0 Å². The van der Waals surface area contributed by atoms with Crippen molar-refractivity contribution < 1.29 is 0 Å². The minimum absolute atomic E-state index is 0.155. The molecular formula is C40H42N8S2. The fourth-order valence-electron chi connectivity index (χ4n) is 7.59. The molecule has 8 nitrogen and oxygen atoms in total. The van der Waals surface area contributed by atoms with E-state index in [-0.39, 0.29) is 24.2 Å². The van der Waals surface area contributed by atoms with E-state index in [0.29, 0.717) is 6.42 Å². The van der Waals surface area contributed by atoms with Crippen molar-refractivity contribution in [3.63, 3.8) is 0 Å². The van der Waals surface area contributed by atoms with E-state index in [1.807, 2.05) is 30.0 Å². The summed E-state index contributed by atoms with van der Waals surface area (Å²) in [6, 6.07) is 22.3.